The summed E-state index contributed by atoms with van der Waals surface area (Å²) in [4.78, 5) is 25.7. The Morgan fingerprint density at radius 2 is 2.17 bits per heavy atom. The third kappa shape index (κ3) is 4.05. The minimum absolute atomic E-state index is 0.0622. The van der Waals surface area contributed by atoms with Gasteiger partial charge in [-0.05, 0) is 30.9 Å². The average molecular weight is 332 g/mol. The van der Waals surface area contributed by atoms with Crippen molar-refractivity contribution in [2.75, 3.05) is 31.1 Å². The molecule has 2 aromatic rings. The highest BCUT2D eigenvalue weighted by Gasteiger charge is 2.19. The lowest BCUT2D eigenvalue weighted by molar-refractivity contribution is 0.0690. The number of hydrogen-bond acceptors (Lipinski definition) is 6. The highest BCUT2D eigenvalue weighted by Crippen LogP contribution is 2.16. The molecule has 0 aliphatic carbocycles. The van der Waals surface area contributed by atoms with Gasteiger partial charge in [0.2, 0.25) is 5.95 Å². The van der Waals surface area contributed by atoms with Gasteiger partial charge in [0, 0.05) is 43.3 Å². The number of thiophene rings is 1. The molecule has 3 heterocycles. The maximum atomic E-state index is 11.2. The Bertz CT molecular complexity index is 675. The Labute approximate surface area is 139 Å². The van der Waals surface area contributed by atoms with Crippen molar-refractivity contribution >= 4 is 23.3 Å². The molecule has 1 saturated heterocycles. The van der Waals surface area contributed by atoms with E-state index >= 15 is 0 Å². The monoisotopic (exact) mass is 332 g/mol. The van der Waals surface area contributed by atoms with Crippen LogP contribution < -0.4 is 4.90 Å². The number of aromatic nitrogens is 2. The molecule has 122 valence electrons. The van der Waals surface area contributed by atoms with E-state index in [4.69, 9.17) is 5.11 Å². The van der Waals surface area contributed by atoms with Gasteiger partial charge in [0.25, 0.3) is 0 Å². The van der Waals surface area contributed by atoms with Crippen LogP contribution in [0.5, 0.6) is 0 Å². The minimum Gasteiger partial charge on any atom is -0.477 e. The van der Waals surface area contributed by atoms with Gasteiger partial charge in [0.1, 0.15) is 0 Å². The number of anilines is 1. The second-order valence-corrected chi connectivity index (χ2v) is 6.73. The van der Waals surface area contributed by atoms with Crippen molar-refractivity contribution in [1.82, 2.24) is 14.9 Å². The van der Waals surface area contributed by atoms with E-state index in [1.807, 2.05) is 0 Å². The van der Waals surface area contributed by atoms with Crippen LogP contribution in [0.1, 0.15) is 27.5 Å². The van der Waals surface area contributed by atoms with Crippen molar-refractivity contribution in [3.63, 3.8) is 0 Å². The number of nitrogens with zero attached hydrogens (tertiary/aromatic N) is 4. The number of carboxylic acid groups (broad SMARTS) is 1. The summed E-state index contributed by atoms with van der Waals surface area (Å²) in [6.07, 6.45) is 1.02. The molecular weight excluding hydrogens is 312 g/mol. The molecule has 0 atom stereocenters. The lowest BCUT2D eigenvalue weighted by Gasteiger charge is -2.22. The fourth-order valence-electron chi connectivity index (χ4n) is 2.76. The van der Waals surface area contributed by atoms with E-state index in [1.54, 1.807) is 18.3 Å². The summed E-state index contributed by atoms with van der Waals surface area (Å²) in [6.45, 7) is 6.40. The topological polar surface area (TPSA) is 69.6 Å². The van der Waals surface area contributed by atoms with E-state index in [0.29, 0.717) is 11.6 Å². The van der Waals surface area contributed by atoms with Gasteiger partial charge in [-0.3, -0.25) is 4.90 Å². The first-order valence-corrected chi connectivity index (χ1v) is 8.58. The van der Waals surface area contributed by atoms with Crippen molar-refractivity contribution in [2.24, 2.45) is 0 Å². The molecule has 3 rings (SSSR count). The summed E-state index contributed by atoms with van der Waals surface area (Å²) >= 11 is 1.78. The van der Waals surface area contributed by atoms with Crippen molar-refractivity contribution in [1.29, 1.82) is 0 Å². The molecule has 0 saturated carbocycles. The van der Waals surface area contributed by atoms with Crippen molar-refractivity contribution < 1.29 is 9.90 Å². The molecule has 0 bridgehead atoms. The number of aryl methyl sites for hydroxylation is 1. The van der Waals surface area contributed by atoms with E-state index in [2.05, 4.69) is 37.3 Å². The predicted octanol–water partition coefficient (Wildman–Crippen LogP) is 2.26. The van der Waals surface area contributed by atoms with Crippen molar-refractivity contribution in [3.05, 3.63) is 39.8 Å². The molecular formula is C16H20N4O2S. The lowest BCUT2D eigenvalue weighted by atomic mass is 10.3. The zero-order valence-electron chi connectivity index (χ0n) is 13.1. The third-order valence-corrected chi connectivity index (χ3v) is 4.75. The highest BCUT2D eigenvalue weighted by atomic mass is 32.1. The minimum atomic E-state index is -1.01. The fraction of sp³-hybridized carbons (Fsp3) is 0.438. The maximum Gasteiger partial charge on any atom is 0.354 e. The van der Waals surface area contributed by atoms with E-state index in [9.17, 15) is 4.79 Å². The van der Waals surface area contributed by atoms with Gasteiger partial charge in [-0.15, -0.1) is 11.3 Å². The normalized spacial score (nSPS) is 16.3. The van der Waals surface area contributed by atoms with Crippen LogP contribution in [0.3, 0.4) is 0 Å². The molecule has 0 unspecified atom stereocenters. The summed E-state index contributed by atoms with van der Waals surface area (Å²) in [6, 6.07) is 5.75. The Hall–Kier alpha value is -1.99. The van der Waals surface area contributed by atoms with Gasteiger partial charge >= 0.3 is 5.97 Å². The molecule has 23 heavy (non-hydrogen) atoms. The summed E-state index contributed by atoms with van der Waals surface area (Å²) in [5.41, 5.74) is 0.749. The number of hydrogen-bond donors (Lipinski definition) is 1. The number of aromatic carboxylic acids is 1. The van der Waals surface area contributed by atoms with Gasteiger partial charge in [-0.1, -0.05) is 6.07 Å². The molecule has 2 aromatic heterocycles. The fourth-order valence-corrected chi connectivity index (χ4v) is 3.50. The zero-order valence-corrected chi connectivity index (χ0v) is 13.9. The summed E-state index contributed by atoms with van der Waals surface area (Å²) in [5.74, 6) is -0.480. The van der Waals surface area contributed by atoms with Gasteiger partial charge in [-0.25, -0.2) is 14.8 Å². The van der Waals surface area contributed by atoms with Crippen LogP contribution in [0.15, 0.2) is 23.6 Å². The molecule has 6 nitrogen and oxygen atoms in total. The number of carboxylic acids is 1. The smallest absolute Gasteiger partial charge is 0.354 e. The van der Waals surface area contributed by atoms with E-state index in [-0.39, 0.29) is 5.69 Å². The van der Waals surface area contributed by atoms with Crippen LogP contribution in [0.2, 0.25) is 0 Å². The van der Waals surface area contributed by atoms with Crippen molar-refractivity contribution in [2.45, 2.75) is 19.9 Å². The summed E-state index contributed by atoms with van der Waals surface area (Å²) in [5, 5.41) is 11.3. The first kappa shape index (κ1) is 15.9. The van der Waals surface area contributed by atoms with Crippen LogP contribution in [-0.2, 0) is 6.54 Å². The molecule has 7 heteroatoms. The highest BCUT2D eigenvalue weighted by molar-refractivity contribution is 7.09. The van der Waals surface area contributed by atoms with Crippen LogP contribution in [0, 0.1) is 6.92 Å². The van der Waals surface area contributed by atoms with Crippen molar-refractivity contribution in [3.8, 4) is 0 Å². The molecule has 1 aliphatic rings. The Morgan fingerprint density at radius 1 is 1.30 bits per heavy atom. The van der Waals surface area contributed by atoms with Gasteiger partial charge < -0.3 is 10.0 Å². The Morgan fingerprint density at radius 3 is 2.91 bits per heavy atom. The Balaban J connectivity index is 1.69. The van der Waals surface area contributed by atoms with E-state index < -0.39 is 5.97 Å². The molecule has 0 amide bonds. The van der Waals surface area contributed by atoms with Gasteiger partial charge in [0.15, 0.2) is 5.69 Å². The standard InChI is InChI=1S/C16H20N4O2S/c1-12-10-14(15(21)22)18-16(17-12)20-6-3-5-19(7-8-20)11-13-4-2-9-23-13/h2,4,9-10H,3,5-8,11H2,1H3,(H,21,22). The second kappa shape index (κ2) is 7.06. The average Bonchev–Trinajstić information content (AvgIpc) is 2.91. The number of rotatable bonds is 4. The van der Waals surface area contributed by atoms with Gasteiger partial charge in [0.05, 0.1) is 0 Å². The summed E-state index contributed by atoms with van der Waals surface area (Å²) < 4.78 is 0. The molecule has 0 radical (unpaired) electrons. The maximum absolute atomic E-state index is 11.2. The SMILES string of the molecule is Cc1cc(C(=O)O)nc(N2CCCN(Cc3cccs3)CC2)n1. The molecule has 1 N–H and O–H groups in total. The zero-order chi connectivity index (χ0) is 16.2. The predicted molar refractivity (Wildman–Crippen MR) is 90.2 cm³/mol. The lowest BCUT2D eigenvalue weighted by Crippen LogP contribution is -2.31. The first-order valence-electron chi connectivity index (χ1n) is 7.70. The molecule has 0 aromatic carbocycles. The van der Waals surface area contributed by atoms with E-state index in [0.717, 1.165) is 39.1 Å². The quantitative estimate of drug-likeness (QED) is 0.926. The van der Waals surface area contributed by atoms with E-state index in [1.165, 1.54) is 10.9 Å². The van der Waals surface area contributed by atoms with Gasteiger partial charge in [-0.2, -0.15) is 0 Å². The second-order valence-electron chi connectivity index (χ2n) is 5.70. The third-order valence-electron chi connectivity index (χ3n) is 3.89. The first-order chi connectivity index (χ1) is 11.1. The molecule has 1 fully saturated rings. The van der Waals surface area contributed by atoms with Crippen LogP contribution in [0.4, 0.5) is 5.95 Å². The van der Waals surface area contributed by atoms with Crippen LogP contribution in [-0.4, -0.2) is 52.1 Å². The number of carbonyl (C=O) groups is 1. The van der Waals surface area contributed by atoms with Crippen LogP contribution in [0.25, 0.3) is 0 Å². The largest absolute Gasteiger partial charge is 0.477 e. The molecule has 1 aliphatic heterocycles. The Kier molecular flexibility index (Phi) is 4.88. The summed E-state index contributed by atoms with van der Waals surface area (Å²) in [7, 11) is 0. The van der Waals surface area contributed by atoms with Crippen LogP contribution >= 0.6 is 11.3 Å². The molecule has 0 spiro atoms.